The second kappa shape index (κ2) is 6.18. The molecule has 2 unspecified atom stereocenters. The van der Waals surface area contributed by atoms with Crippen molar-refractivity contribution < 1.29 is 14.6 Å². The minimum absolute atomic E-state index is 0.00456. The van der Waals surface area contributed by atoms with Crippen molar-refractivity contribution >= 4 is 12.2 Å². The van der Waals surface area contributed by atoms with Crippen molar-refractivity contribution in [3.63, 3.8) is 0 Å². The number of aliphatic hydroxyl groups excluding tert-OH is 1. The Morgan fingerprint density at radius 3 is 2.65 bits per heavy atom. The van der Waals surface area contributed by atoms with Crippen molar-refractivity contribution in [2.45, 2.75) is 38.1 Å². The summed E-state index contributed by atoms with van der Waals surface area (Å²) >= 11 is 0. The highest BCUT2D eigenvalue weighted by atomic mass is 16.5. The van der Waals surface area contributed by atoms with Gasteiger partial charge in [-0.05, 0) is 24.0 Å². The van der Waals surface area contributed by atoms with E-state index >= 15 is 0 Å². The van der Waals surface area contributed by atoms with E-state index in [1.165, 1.54) is 5.56 Å². The predicted molar refractivity (Wildman–Crippen MR) is 78.1 cm³/mol. The van der Waals surface area contributed by atoms with E-state index in [1.54, 1.807) is 0 Å². The molecule has 1 aliphatic heterocycles. The van der Waals surface area contributed by atoms with Crippen molar-refractivity contribution in [2.24, 2.45) is 4.99 Å². The van der Waals surface area contributed by atoms with Gasteiger partial charge in [-0.1, -0.05) is 31.2 Å². The van der Waals surface area contributed by atoms with Gasteiger partial charge in [0.05, 0.1) is 6.61 Å². The fourth-order valence-corrected chi connectivity index (χ4v) is 2.37. The zero-order chi connectivity index (χ0) is 14.6. The Bertz CT molecular complexity index is 495. The lowest BCUT2D eigenvalue weighted by molar-refractivity contribution is -0.108. The Kier molecular flexibility index (Phi) is 4.55. The minimum atomic E-state index is -0.487. The summed E-state index contributed by atoms with van der Waals surface area (Å²) in [5.74, 6) is 0.581. The van der Waals surface area contributed by atoms with E-state index < -0.39 is 5.54 Å². The van der Waals surface area contributed by atoms with Gasteiger partial charge in [0, 0.05) is 12.8 Å². The molecule has 1 heterocycles. The summed E-state index contributed by atoms with van der Waals surface area (Å²) in [6.07, 6.45) is 2.53. The summed E-state index contributed by atoms with van der Waals surface area (Å²) in [6.45, 7) is 4.16. The number of ether oxygens (including phenoxy) is 1. The fourth-order valence-electron chi connectivity index (χ4n) is 2.37. The summed E-state index contributed by atoms with van der Waals surface area (Å²) in [6, 6.07) is 8.04. The number of hydrogen-bond acceptors (Lipinski definition) is 4. The molecule has 0 saturated heterocycles. The van der Waals surface area contributed by atoms with E-state index in [1.807, 2.05) is 38.1 Å². The lowest BCUT2D eigenvalue weighted by Gasteiger charge is -2.21. The summed E-state index contributed by atoms with van der Waals surface area (Å²) in [7, 11) is 0. The number of hydrogen-bond donors (Lipinski definition) is 1. The molecule has 1 N–H and O–H groups in total. The average molecular weight is 275 g/mol. The largest absolute Gasteiger partial charge is 0.479 e. The Morgan fingerprint density at radius 2 is 2.15 bits per heavy atom. The van der Waals surface area contributed by atoms with Crippen LogP contribution in [0, 0.1) is 0 Å². The van der Waals surface area contributed by atoms with Crippen LogP contribution in [0.25, 0.3) is 0 Å². The highest BCUT2D eigenvalue weighted by Gasteiger charge is 2.34. The van der Waals surface area contributed by atoms with Gasteiger partial charge in [-0.15, -0.1) is 0 Å². The second-order valence-corrected chi connectivity index (χ2v) is 5.47. The Labute approximate surface area is 119 Å². The number of aliphatic hydroxyl groups is 1. The van der Waals surface area contributed by atoms with Gasteiger partial charge >= 0.3 is 0 Å². The predicted octanol–water partition coefficient (Wildman–Crippen LogP) is 2.10. The third-order valence-electron chi connectivity index (χ3n) is 3.83. The van der Waals surface area contributed by atoms with Crippen molar-refractivity contribution in [2.75, 3.05) is 13.2 Å². The first-order valence-electron chi connectivity index (χ1n) is 6.93. The lowest BCUT2D eigenvalue weighted by Crippen LogP contribution is -2.33. The molecule has 0 aromatic heterocycles. The number of carbonyl (C=O) groups is 1. The molecule has 0 fully saturated rings. The first-order chi connectivity index (χ1) is 9.58. The van der Waals surface area contributed by atoms with E-state index in [0.29, 0.717) is 12.5 Å². The lowest BCUT2D eigenvalue weighted by atomic mass is 9.93. The molecular formula is C16H21NO3. The van der Waals surface area contributed by atoms with Gasteiger partial charge < -0.3 is 14.6 Å². The smallest absolute Gasteiger partial charge is 0.180 e. The highest BCUT2D eigenvalue weighted by molar-refractivity contribution is 5.75. The molecule has 0 radical (unpaired) electrons. The zero-order valence-corrected chi connectivity index (χ0v) is 12.0. The zero-order valence-electron chi connectivity index (χ0n) is 12.0. The fraction of sp³-hybridized carbons (Fsp3) is 0.500. The van der Waals surface area contributed by atoms with Crippen LogP contribution in [0.5, 0.6) is 0 Å². The molecule has 0 aliphatic carbocycles. The number of aldehydes is 1. The van der Waals surface area contributed by atoms with Crippen molar-refractivity contribution in [1.82, 2.24) is 0 Å². The molecule has 108 valence electrons. The molecule has 1 aliphatic rings. The van der Waals surface area contributed by atoms with Crippen molar-refractivity contribution in [3.8, 4) is 0 Å². The average Bonchev–Trinajstić information content (AvgIpc) is 2.87. The number of benzene rings is 1. The second-order valence-electron chi connectivity index (χ2n) is 5.47. The van der Waals surface area contributed by atoms with E-state index in [9.17, 15) is 9.90 Å². The number of aryl methyl sites for hydroxylation is 1. The van der Waals surface area contributed by atoms with E-state index in [2.05, 4.69) is 4.99 Å². The van der Waals surface area contributed by atoms with Crippen LogP contribution >= 0.6 is 0 Å². The molecule has 2 rings (SSSR count). The molecule has 0 bridgehead atoms. The molecule has 4 heteroatoms. The molecule has 1 aromatic carbocycles. The third-order valence-corrected chi connectivity index (χ3v) is 3.83. The molecular weight excluding hydrogens is 254 g/mol. The maximum Gasteiger partial charge on any atom is 0.180 e. The maximum atomic E-state index is 10.7. The first-order valence-corrected chi connectivity index (χ1v) is 6.93. The number of aliphatic imine (C=N–C) groups is 1. The summed E-state index contributed by atoms with van der Waals surface area (Å²) in [4.78, 5) is 15.2. The van der Waals surface area contributed by atoms with Crippen LogP contribution in [0.15, 0.2) is 29.3 Å². The maximum absolute atomic E-state index is 10.7. The quantitative estimate of drug-likeness (QED) is 0.809. The summed E-state index contributed by atoms with van der Waals surface area (Å²) in [5.41, 5.74) is 1.72. The van der Waals surface area contributed by atoms with Gasteiger partial charge in [0.25, 0.3) is 0 Å². The number of carbonyl (C=O) groups excluding carboxylic acids is 1. The summed E-state index contributed by atoms with van der Waals surface area (Å²) < 4.78 is 5.36. The monoisotopic (exact) mass is 275 g/mol. The van der Waals surface area contributed by atoms with Crippen molar-refractivity contribution in [3.05, 3.63) is 35.4 Å². The van der Waals surface area contributed by atoms with Crippen LogP contribution in [-0.4, -0.2) is 36.0 Å². The highest BCUT2D eigenvalue weighted by Crippen LogP contribution is 2.25. The van der Waals surface area contributed by atoms with Gasteiger partial charge in [-0.2, -0.15) is 0 Å². The first kappa shape index (κ1) is 14.7. The number of nitrogens with zero attached hydrogens (tertiary/aromatic N) is 1. The molecule has 1 aromatic rings. The third kappa shape index (κ3) is 3.25. The van der Waals surface area contributed by atoms with Crippen LogP contribution in [0.2, 0.25) is 0 Å². The van der Waals surface area contributed by atoms with Gasteiger partial charge in [0.15, 0.2) is 5.90 Å². The number of rotatable bonds is 6. The van der Waals surface area contributed by atoms with Crippen LogP contribution in [0.4, 0.5) is 0 Å². The van der Waals surface area contributed by atoms with Crippen molar-refractivity contribution in [1.29, 1.82) is 0 Å². The minimum Gasteiger partial charge on any atom is -0.479 e. The Balaban J connectivity index is 1.99. The molecule has 0 spiro atoms. The Morgan fingerprint density at radius 1 is 1.45 bits per heavy atom. The van der Waals surface area contributed by atoms with Gasteiger partial charge in [0.2, 0.25) is 0 Å². The molecule has 0 amide bonds. The van der Waals surface area contributed by atoms with Gasteiger partial charge in [-0.3, -0.25) is 0 Å². The molecule has 2 atom stereocenters. The molecule has 0 saturated carbocycles. The van der Waals surface area contributed by atoms with E-state index in [-0.39, 0.29) is 12.5 Å². The Hall–Kier alpha value is -1.68. The molecule has 4 nitrogen and oxygen atoms in total. The normalized spacial score (nSPS) is 23.1. The SMILES string of the molecule is CC1=NC(CO)(CCc2ccc(C(C)C=O)cc2)CO1. The topological polar surface area (TPSA) is 58.9 Å². The van der Waals surface area contributed by atoms with Crippen LogP contribution in [0.3, 0.4) is 0 Å². The summed E-state index contributed by atoms with van der Waals surface area (Å²) in [5, 5.41) is 9.54. The van der Waals surface area contributed by atoms with E-state index in [0.717, 1.165) is 24.7 Å². The van der Waals surface area contributed by atoms with Gasteiger partial charge in [-0.25, -0.2) is 4.99 Å². The van der Waals surface area contributed by atoms with Crippen LogP contribution in [0.1, 0.15) is 37.3 Å². The van der Waals surface area contributed by atoms with Gasteiger partial charge in [0.1, 0.15) is 18.4 Å². The van der Waals surface area contributed by atoms with E-state index in [4.69, 9.17) is 4.74 Å². The van der Waals surface area contributed by atoms with Crippen LogP contribution < -0.4 is 0 Å². The van der Waals surface area contributed by atoms with Crippen LogP contribution in [-0.2, 0) is 16.0 Å². The standard InChI is InChI=1S/C16H21NO3/c1-12(9-18)15-5-3-14(4-6-15)7-8-16(10-19)11-20-13(2)17-16/h3-6,9,12,19H,7-8,10-11H2,1-2H3. The molecule has 20 heavy (non-hydrogen) atoms.